The zero-order valence-electron chi connectivity index (χ0n) is 19.4. The Hall–Kier alpha value is -3.61. The minimum Gasteiger partial charge on any atom is -0.384 e. The largest absolute Gasteiger partial charge is 0.384 e. The van der Waals surface area contributed by atoms with Crippen molar-refractivity contribution in [2.75, 3.05) is 32.0 Å². The van der Waals surface area contributed by atoms with Gasteiger partial charge in [-0.25, -0.2) is 14.8 Å². The van der Waals surface area contributed by atoms with Gasteiger partial charge in [-0.05, 0) is 12.1 Å². The van der Waals surface area contributed by atoms with Crippen molar-refractivity contribution in [1.82, 2.24) is 28.6 Å². The second-order valence-corrected chi connectivity index (χ2v) is 9.36. The van der Waals surface area contributed by atoms with E-state index in [9.17, 15) is 14.4 Å². The molecule has 11 nitrogen and oxygen atoms in total. The lowest BCUT2D eigenvalue weighted by Gasteiger charge is -2.27. The molecule has 12 heteroatoms. The van der Waals surface area contributed by atoms with Gasteiger partial charge in [0.15, 0.2) is 0 Å². The van der Waals surface area contributed by atoms with Crippen LogP contribution in [0.5, 0.6) is 0 Å². The fraction of sp³-hybridized carbons (Fsp3) is 0.348. The van der Waals surface area contributed by atoms with Gasteiger partial charge in [-0.3, -0.25) is 28.2 Å². The standard InChI is InChI=1S/C23H25N7O4S/c1-27-20(24)19(22(32)28(2)23(27)33)16-13-35-18(26-16)12-30-17(11-29-7-9-34-10-8-29)25-15-6-4-3-5-14(15)21(30)31/h3-6,13H,7-12,24H2,1-2H3. The van der Waals surface area contributed by atoms with Gasteiger partial charge in [0.2, 0.25) is 0 Å². The molecule has 2 N–H and O–H groups in total. The Morgan fingerprint density at radius 1 is 1.00 bits per heavy atom. The zero-order valence-corrected chi connectivity index (χ0v) is 20.2. The van der Waals surface area contributed by atoms with E-state index in [1.54, 1.807) is 16.0 Å². The molecule has 4 heterocycles. The van der Waals surface area contributed by atoms with Crippen LogP contribution < -0.4 is 22.5 Å². The molecule has 0 saturated carbocycles. The molecule has 0 unspecified atom stereocenters. The molecule has 35 heavy (non-hydrogen) atoms. The van der Waals surface area contributed by atoms with E-state index in [1.807, 2.05) is 18.2 Å². The highest BCUT2D eigenvalue weighted by Gasteiger charge is 2.20. The minimum atomic E-state index is -0.514. The number of nitrogen functional groups attached to an aromatic ring is 1. The molecule has 0 atom stereocenters. The third kappa shape index (κ3) is 4.20. The Morgan fingerprint density at radius 3 is 2.51 bits per heavy atom. The van der Waals surface area contributed by atoms with Crippen LogP contribution in [0.3, 0.4) is 0 Å². The molecule has 4 aromatic rings. The summed E-state index contributed by atoms with van der Waals surface area (Å²) in [6.07, 6.45) is 0. The summed E-state index contributed by atoms with van der Waals surface area (Å²) in [7, 11) is 2.91. The van der Waals surface area contributed by atoms with Crippen LogP contribution in [0.25, 0.3) is 22.2 Å². The first-order valence-corrected chi connectivity index (χ1v) is 12.0. The number of hydrogen-bond acceptors (Lipinski definition) is 9. The van der Waals surface area contributed by atoms with E-state index >= 15 is 0 Å². The van der Waals surface area contributed by atoms with E-state index in [0.717, 1.165) is 17.7 Å². The van der Waals surface area contributed by atoms with E-state index in [0.29, 0.717) is 47.2 Å². The summed E-state index contributed by atoms with van der Waals surface area (Å²) in [5.74, 6) is 0.692. The number of benzene rings is 1. The van der Waals surface area contributed by atoms with E-state index < -0.39 is 11.2 Å². The van der Waals surface area contributed by atoms with Crippen molar-refractivity contribution in [2.24, 2.45) is 14.1 Å². The van der Waals surface area contributed by atoms with Gasteiger partial charge in [0.25, 0.3) is 11.1 Å². The minimum absolute atomic E-state index is 0.0486. The Bertz CT molecular complexity index is 1590. The van der Waals surface area contributed by atoms with E-state index in [-0.39, 0.29) is 23.5 Å². The fourth-order valence-corrected chi connectivity index (χ4v) is 4.96. The predicted octanol–water partition coefficient (Wildman–Crippen LogP) is 0.380. The molecule has 1 fully saturated rings. The van der Waals surface area contributed by atoms with Crippen LogP contribution in [-0.4, -0.2) is 54.9 Å². The number of ether oxygens (including phenoxy) is 1. The second kappa shape index (κ2) is 9.21. The SMILES string of the molecule is Cn1c(N)c(-c2csc(Cn3c(CN4CCOCC4)nc4ccccc4c3=O)n2)c(=O)n(C)c1=O. The maximum atomic E-state index is 13.5. The molecule has 3 aromatic heterocycles. The maximum Gasteiger partial charge on any atom is 0.332 e. The number of aromatic nitrogens is 5. The highest BCUT2D eigenvalue weighted by atomic mass is 32.1. The average Bonchev–Trinajstić information content (AvgIpc) is 3.33. The third-order valence-electron chi connectivity index (χ3n) is 6.22. The Balaban J connectivity index is 1.56. The first-order chi connectivity index (χ1) is 16.8. The predicted molar refractivity (Wildman–Crippen MR) is 134 cm³/mol. The highest BCUT2D eigenvalue weighted by molar-refractivity contribution is 7.09. The van der Waals surface area contributed by atoms with E-state index in [1.165, 1.54) is 30.0 Å². The van der Waals surface area contributed by atoms with Crippen molar-refractivity contribution < 1.29 is 4.74 Å². The normalized spacial score (nSPS) is 14.6. The molecule has 1 saturated heterocycles. The maximum absolute atomic E-state index is 13.5. The van der Waals surface area contributed by atoms with Gasteiger partial charge in [0, 0.05) is 32.6 Å². The van der Waals surface area contributed by atoms with Crippen molar-refractivity contribution in [3.63, 3.8) is 0 Å². The highest BCUT2D eigenvalue weighted by Crippen LogP contribution is 2.24. The topological polar surface area (TPSA) is 130 Å². The quantitative estimate of drug-likeness (QED) is 0.421. The Labute approximate surface area is 203 Å². The summed E-state index contributed by atoms with van der Waals surface area (Å²) in [5, 5.41) is 2.87. The average molecular weight is 496 g/mol. The van der Waals surface area contributed by atoms with Gasteiger partial charge in [0.1, 0.15) is 22.2 Å². The number of nitrogens with zero attached hydrogens (tertiary/aromatic N) is 6. The molecule has 0 spiro atoms. The van der Waals surface area contributed by atoms with Crippen molar-refractivity contribution in [3.8, 4) is 11.3 Å². The molecule has 1 aliphatic heterocycles. The zero-order chi connectivity index (χ0) is 24.7. The van der Waals surface area contributed by atoms with Crippen LogP contribution in [0.1, 0.15) is 10.8 Å². The number of fused-ring (bicyclic) bond motifs is 1. The van der Waals surface area contributed by atoms with Gasteiger partial charge in [-0.15, -0.1) is 11.3 Å². The van der Waals surface area contributed by atoms with Crippen molar-refractivity contribution in [2.45, 2.75) is 13.1 Å². The fourth-order valence-electron chi connectivity index (χ4n) is 4.19. The number of morpholine rings is 1. The summed E-state index contributed by atoms with van der Waals surface area (Å²) in [4.78, 5) is 50.0. The van der Waals surface area contributed by atoms with Crippen molar-refractivity contribution in [1.29, 1.82) is 0 Å². The molecule has 0 radical (unpaired) electrons. The summed E-state index contributed by atoms with van der Waals surface area (Å²) in [5.41, 5.74) is 6.11. The van der Waals surface area contributed by atoms with E-state index in [2.05, 4.69) is 9.88 Å². The molecule has 0 aliphatic carbocycles. The lowest BCUT2D eigenvalue weighted by atomic mass is 10.2. The first-order valence-electron chi connectivity index (χ1n) is 11.1. The van der Waals surface area contributed by atoms with Gasteiger partial charge in [-0.2, -0.15) is 0 Å². The molecule has 1 aromatic carbocycles. The number of hydrogen-bond donors (Lipinski definition) is 1. The van der Waals surface area contributed by atoms with Gasteiger partial charge < -0.3 is 10.5 Å². The lowest BCUT2D eigenvalue weighted by molar-refractivity contribution is 0.0325. The molecular formula is C23H25N7O4S. The molecule has 0 bridgehead atoms. The number of rotatable bonds is 5. The molecular weight excluding hydrogens is 470 g/mol. The van der Waals surface area contributed by atoms with E-state index in [4.69, 9.17) is 15.5 Å². The second-order valence-electron chi connectivity index (χ2n) is 8.42. The Kier molecular flexibility index (Phi) is 6.09. The van der Waals surface area contributed by atoms with Gasteiger partial charge >= 0.3 is 5.69 Å². The van der Waals surface area contributed by atoms with Crippen molar-refractivity contribution in [3.05, 3.63) is 71.7 Å². The van der Waals surface area contributed by atoms with Crippen LogP contribution in [0.4, 0.5) is 5.82 Å². The summed E-state index contributed by atoms with van der Waals surface area (Å²) >= 11 is 1.32. The molecule has 0 amide bonds. The summed E-state index contributed by atoms with van der Waals surface area (Å²) in [6, 6.07) is 7.28. The Morgan fingerprint density at radius 2 is 1.74 bits per heavy atom. The van der Waals surface area contributed by atoms with Crippen LogP contribution in [0, 0.1) is 0 Å². The smallest absolute Gasteiger partial charge is 0.332 e. The van der Waals surface area contributed by atoms with Crippen LogP contribution in [0.15, 0.2) is 44.0 Å². The lowest BCUT2D eigenvalue weighted by Crippen LogP contribution is -2.39. The third-order valence-corrected chi connectivity index (χ3v) is 7.05. The number of thiazole rings is 1. The number of anilines is 1. The number of nitrogens with two attached hydrogens (primary N) is 1. The molecule has 1 aliphatic rings. The van der Waals surface area contributed by atoms with Crippen LogP contribution in [0.2, 0.25) is 0 Å². The summed E-state index contributed by atoms with van der Waals surface area (Å²) in [6.45, 7) is 3.52. The van der Waals surface area contributed by atoms with Gasteiger partial charge in [0.05, 0.1) is 42.9 Å². The van der Waals surface area contributed by atoms with Gasteiger partial charge in [-0.1, -0.05) is 12.1 Å². The van der Waals surface area contributed by atoms with Crippen LogP contribution in [-0.2, 0) is 31.9 Å². The molecule has 5 rings (SSSR count). The summed E-state index contributed by atoms with van der Waals surface area (Å²) < 4.78 is 9.31. The first kappa shape index (κ1) is 23.1. The molecule has 182 valence electrons. The monoisotopic (exact) mass is 495 g/mol. The van der Waals surface area contributed by atoms with Crippen LogP contribution >= 0.6 is 11.3 Å². The van der Waals surface area contributed by atoms with Crippen molar-refractivity contribution >= 4 is 28.1 Å². The number of para-hydroxylation sites is 1.